The highest BCUT2D eigenvalue weighted by atomic mass is 127. The molecule has 1 saturated heterocycles. The third-order valence-electron chi connectivity index (χ3n) is 4.63. The second-order valence-electron chi connectivity index (χ2n) is 6.61. The number of benzene rings is 1. The zero-order valence-corrected chi connectivity index (χ0v) is 18.7. The number of aliphatic hydroxyl groups excluding tert-OH is 1. The quantitative estimate of drug-likeness (QED) is 0.270. The van der Waals surface area contributed by atoms with Crippen molar-refractivity contribution in [3.63, 3.8) is 0 Å². The minimum Gasteiger partial charge on any atom is -0.435 e. The van der Waals surface area contributed by atoms with Crippen LogP contribution in [0.5, 0.6) is 5.75 Å². The van der Waals surface area contributed by atoms with Crippen LogP contribution < -0.4 is 15.4 Å². The van der Waals surface area contributed by atoms with Gasteiger partial charge in [0.1, 0.15) is 5.75 Å². The first kappa shape index (κ1) is 24.8. The van der Waals surface area contributed by atoms with Crippen molar-refractivity contribution in [2.75, 3.05) is 39.3 Å². The Bertz CT molecular complexity index is 590. The van der Waals surface area contributed by atoms with E-state index in [0.717, 1.165) is 32.7 Å². The van der Waals surface area contributed by atoms with Crippen molar-refractivity contribution in [3.8, 4) is 5.75 Å². The molecule has 2 unspecified atom stereocenters. The van der Waals surface area contributed by atoms with Gasteiger partial charge in [0.25, 0.3) is 0 Å². The minimum atomic E-state index is -2.86. The number of likely N-dealkylation sites (tertiary alicyclic amines) is 1. The van der Waals surface area contributed by atoms with Crippen LogP contribution in [0.2, 0.25) is 0 Å². The molecule has 2 rings (SSSR count). The Kier molecular flexibility index (Phi) is 11.6. The van der Waals surface area contributed by atoms with Crippen molar-refractivity contribution in [1.82, 2.24) is 15.5 Å². The molecule has 0 saturated carbocycles. The summed E-state index contributed by atoms with van der Waals surface area (Å²) in [6, 6.07) is 5.96. The maximum atomic E-state index is 12.2. The maximum absolute atomic E-state index is 12.2. The lowest BCUT2D eigenvalue weighted by Gasteiger charge is -2.17. The zero-order chi connectivity index (χ0) is 19.6. The molecule has 6 nitrogen and oxygen atoms in total. The Labute approximate surface area is 182 Å². The summed E-state index contributed by atoms with van der Waals surface area (Å²) in [6.07, 6.45) is 0.360. The van der Waals surface area contributed by atoms with Gasteiger partial charge in [0.05, 0.1) is 12.6 Å². The fourth-order valence-electron chi connectivity index (χ4n) is 3.10. The molecule has 0 spiro atoms. The number of halogens is 3. The number of ether oxygens (including phenoxy) is 1. The van der Waals surface area contributed by atoms with Gasteiger partial charge >= 0.3 is 6.61 Å². The van der Waals surface area contributed by atoms with Gasteiger partial charge in [-0.3, -0.25) is 4.99 Å². The lowest BCUT2D eigenvalue weighted by molar-refractivity contribution is -0.0498. The molecule has 0 aliphatic carbocycles. The molecule has 2 atom stereocenters. The van der Waals surface area contributed by atoms with Crippen LogP contribution in [0.15, 0.2) is 29.3 Å². The molecule has 160 valence electrons. The number of rotatable bonds is 9. The first-order chi connectivity index (χ1) is 13.0. The fraction of sp³-hybridized carbons (Fsp3) is 0.632. The maximum Gasteiger partial charge on any atom is 0.387 e. The Hall–Kier alpha value is -1.20. The van der Waals surface area contributed by atoms with Crippen LogP contribution in [-0.4, -0.2) is 61.8 Å². The summed E-state index contributed by atoms with van der Waals surface area (Å²) in [6.45, 7) is 6.38. The Morgan fingerprint density at radius 1 is 1.29 bits per heavy atom. The van der Waals surface area contributed by atoms with Crippen LogP contribution in [0.25, 0.3) is 0 Å². The molecule has 0 bridgehead atoms. The van der Waals surface area contributed by atoms with Crippen LogP contribution in [0.3, 0.4) is 0 Å². The van der Waals surface area contributed by atoms with Crippen molar-refractivity contribution >= 4 is 29.9 Å². The van der Waals surface area contributed by atoms with Gasteiger partial charge < -0.3 is 25.4 Å². The molecule has 1 aromatic rings. The number of alkyl halides is 2. The van der Waals surface area contributed by atoms with Gasteiger partial charge in [-0.25, -0.2) is 0 Å². The molecule has 0 radical (unpaired) electrons. The van der Waals surface area contributed by atoms with E-state index in [1.165, 1.54) is 18.6 Å². The average Bonchev–Trinajstić information content (AvgIpc) is 3.12. The molecule has 9 heteroatoms. The molecule has 0 amide bonds. The molecule has 1 heterocycles. The van der Waals surface area contributed by atoms with E-state index in [4.69, 9.17) is 0 Å². The summed E-state index contributed by atoms with van der Waals surface area (Å²) in [5.74, 6) is 1.34. The van der Waals surface area contributed by atoms with Crippen molar-refractivity contribution in [2.24, 2.45) is 10.9 Å². The standard InChI is InChI=1S/C19H30F2N4O2.HI/c1-3-22-19(23-11-14-9-10-25(4-2)13-14)24-12-17(26)15-5-7-16(8-6-15)27-18(20)21;/h5-8,14,17-18,26H,3-4,9-13H2,1-2H3,(H2,22,23,24);1H. The predicted molar refractivity (Wildman–Crippen MR) is 118 cm³/mol. The van der Waals surface area contributed by atoms with E-state index in [2.05, 4.69) is 32.2 Å². The van der Waals surface area contributed by atoms with Gasteiger partial charge in [0.2, 0.25) is 0 Å². The molecule has 28 heavy (non-hydrogen) atoms. The second-order valence-corrected chi connectivity index (χ2v) is 6.61. The predicted octanol–water partition coefficient (Wildman–Crippen LogP) is 2.84. The Balaban J connectivity index is 0.00000392. The highest BCUT2D eigenvalue weighted by Crippen LogP contribution is 2.19. The van der Waals surface area contributed by atoms with E-state index < -0.39 is 12.7 Å². The SMILES string of the molecule is CCNC(=NCC(O)c1ccc(OC(F)F)cc1)NCC1CCN(CC)C1.I. The topological polar surface area (TPSA) is 69.1 Å². The molecule has 3 N–H and O–H groups in total. The average molecular weight is 512 g/mol. The molecule has 0 aromatic heterocycles. The Morgan fingerprint density at radius 2 is 2.00 bits per heavy atom. The molecule has 1 aromatic carbocycles. The van der Waals surface area contributed by atoms with Crippen LogP contribution >= 0.6 is 24.0 Å². The highest BCUT2D eigenvalue weighted by molar-refractivity contribution is 14.0. The van der Waals surface area contributed by atoms with E-state index in [9.17, 15) is 13.9 Å². The van der Waals surface area contributed by atoms with Gasteiger partial charge in [-0.15, -0.1) is 24.0 Å². The molecular weight excluding hydrogens is 481 g/mol. The number of aliphatic hydroxyl groups is 1. The summed E-state index contributed by atoms with van der Waals surface area (Å²) in [4.78, 5) is 6.87. The third kappa shape index (κ3) is 8.44. The van der Waals surface area contributed by atoms with Crippen LogP contribution in [0, 0.1) is 5.92 Å². The summed E-state index contributed by atoms with van der Waals surface area (Å²) in [7, 11) is 0. The van der Waals surface area contributed by atoms with Crippen molar-refractivity contribution < 1.29 is 18.6 Å². The van der Waals surface area contributed by atoms with Crippen molar-refractivity contribution in [1.29, 1.82) is 0 Å². The van der Waals surface area contributed by atoms with Crippen LogP contribution in [0.4, 0.5) is 8.78 Å². The first-order valence-electron chi connectivity index (χ1n) is 9.49. The summed E-state index contributed by atoms with van der Waals surface area (Å²) in [5, 5.41) is 16.8. The van der Waals surface area contributed by atoms with E-state index in [0.29, 0.717) is 17.4 Å². The van der Waals surface area contributed by atoms with Gasteiger partial charge in [0.15, 0.2) is 5.96 Å². The lowest BCUT2D eigenvalue weighted by Crippen LogP contribution is -2.40. The van der Waals surface area contributed by atoms with Gasteiger partial charge in [0, 0.05) is 19.6 Å². The number of hydrogen-bond donors (Lipinski definition) is 3. The van der Waals surface area contributed by atoms with E-state index in [1.807, 2.05) is 6.92 Å². The van der Waals surface area contributed by atoms with Gasteiger partial charge in [-0.05, 0) is 50.0 Å². The number of guanidine groups is 1. The van der Waals surface area contributed by atoms with Gasteiger partial charge in [-0.2, -0.15) is 8.78 Å². The first-order valence-corrected chi connectivity index (χ1v) is 9.49. The van der Waals surface area contributed by atoms with Crippen LogP contribution in [-0.2, 0) is 0 Å². The summed E-state index contributed by atoms with van der Waals surface area (Å²) in [5.41, 5.74) is 0.602. The van der Waals surface area contributed by atoms with Crippen molar-refractivity contribution in [2.45, 2.75) is 33.0 Å². The summed E-state index contributed by atoms with van der Waals surface area (Å²) >= 11 is 0. The smallest absolute Gasteiger partial charge is 0.387 e. The number of nitrogens with one attached hydrogen (secondary N) is 2. The number of nitrogens with zero attached hydrogens (tertiary/aromatic N) is 2. The number of hydrogen-bond acceptors (Lipinski definition) is 4. The van der Waals surface area contributed by atoms with E-state index in [-0.39, 0.29) is 36.3 Å². The zero-order valence-electron chi connectivity index (χ0n) is 16.4. The Morgan fingerprint density at radius 3 is 2.57 bits per heavy atom. The molecule has 1 aliphatic heterocycles. The van der Waals surface area contributed by atoms with Gasteiger partial charge in [-0.1, -0.05) is 19.1 Å². The van der Waals surface area contributed by atoms with E-state index >= 15 is 0 Å². The fourth-order valence-corrected chi connectivity index (χ4v) is 3.10. The third-order valence-corrected chi connectivity index (χ3v) is 4.63. The largest absolute Gasteiger partial charge is 0.435 e. The monoisotopic (exact) mass is 512 g/mol. The lowest BCUT2D eigenvalue weighted by atomic mass is 10.1. The number of aliphatic imine (C=N–C) groups is 1. The van der Waals surface area contributed by atoms with Crippen molar-refractivity contribution in [3.05, 3.63) is 29.8 Å². The summed E-state index contributed by atoms with van der Waals surface area (Å²) < 4.78 is 28.7. The molecule has 1 fully saturated rings. The highest BCUT2D eigenvalue weighted by Gasteiger charge is 2.21. The minimum absolute atomic E-state index is 0. The second kappa shape index (κ2) is 13.1. The molecule has 1 aliphatic rings. The van der Waals surface area contributed by atoms with E-state index in [1.54, 1.807) is 12.1 Å². The van der Waals surface area contributed by atoms with Crippen LogP contribution in [0.1, 0.15) is 31.9 Å². The normalized spacial score (nSPS) is 18.6. The molecular formula is C19H31F2IN4O2.